The molecule has 2 rings (SSSR count). The second-order valence-corrected chi connectivity index (χ2v) is 7.38. The second kappa shape index (κ2) is 5.55. The Balaban J connectivity index is 2.22. The van der Waals surface area contributed by atoms with E-state index in [9.17, 15) is 9.59 Å². The lowest BCUT2D eigenvalue weighted by atomic mass is 9.75. The van der Waals surface area contributed by atoms with Gasteiger partial charge in [0.1, 0.15) is 9.88 Å². The fourth-order valence-corrected chi connectivity index (χ4v) is 3.76. The Morgan fingerprint density at radius 2 is 1.76 bits per heavy atom. The van der Waals surface area contributed by atoms with Crippen LogP contribution in [0.15, 0.2) is 0 Å². The number of hydrogen-bond donors (Lipinski definition) is 4. The zero-order valence-electron chi connectivity index (χ0n) is 12.4. The molecule has 1 aromatic heterocycles. The summed E-state index contributed by atoms with van der Waals surface area (Å²) in [5.74, 6) is -1.28. The second-order valence-electron chi connectivity index (χ2n) is 6.36. The molecule has 0 spiro atoms. The molecule has 1 saturated carbocycles. The van der Waals surface area contributed by atoms with E-state index >= 15 is 0 Å². The third kappa shape index (κ3) is 3.29. The van der Waals surface area contributed by atoms with Gasteiger partial charge >= 0.3 is 0 Å². The first kappa shape index (κ1) is 15.6. The van der Waals surface area contributed by atoms with Crippen molar-refractivity contribution < 1.29 is 9.59 Å². The molecule has 0 unspecified atom stereocenters. The number of primary amides is 2. The Morgan fingerprint density at radius 1 is 1.19 bits per heavy atom. The molecular weight excluding hydrogens is 288 g/mol. The topological polar surface area (TPSA) is 124 Å². The fraction of sp³-hybridized carbons (Fsp3) is 0.571. The van der Waals surface area contributed by atoms with Gasteiger partial charge in [0.2, 0.25) is 0 Å². The van der Waals surface area contributed by atoms with E-state index in [4.69, 9.17) is 17.2 Å². The van der Waals surface area contributed by atoms with Crippen molar-refractivity contribution in [2.45, 2.75) is 45.6 Å². The summed E-state index contributed by atoms with van der Waals surface area (Å²) in [7, 11) is 0. The summed E-state index contributed by atoms with van der Waals surface area (Å²) in [5, 5.41) is 3.87. The molecule has 0 aliphatic heterocycles. The van der Waals surface area contributed by atoms with Crippen LogP contribution in [0, 0.1) is 5.41 Å². The highest BCUT2D eigenvalue weighted by Gasteiger charge is 2.29. The molecular formula is C14H22N4O2S. The molecule has 1 fully saturated rings. The molecule has 0 radical (unpaired) electrons. The number of nitrogens with two attached hydrogens (primary N) is 3. The van der Waals surface area contributed by atoms with Crippen LogP contribution in [0.4, 0.5) is 10.7 Å². The largest absolute Gasteiger partial charge is 0.397 e. The summed E-state index contributed by atoms with van der Waals surface area (Å²) in [5.41, 5.74) is 17.1. The van der Waals surface area contributed by atoms with Gasteiger partial charge < -0.3 is 22.5 Å². The van der Waals surface area contributed by atoms with E-state index in [1.54, 1.807) is 0 Å². The van der Waals surface area contributed by atoms with Crippen LogP contribution in [0.5, 0.6) is 0 Å². The lowest BCUT2D eigenvalue weighted by Gasteiger charge is -2.34. The Morgan fingerprint density at radius 3 is 2.24 bits per heavy atom. The number of carbonyl (C=O) groups excluding carboxylic acids is 2. The minimum Gasteiger partial charge on any atom is -0.397 e. The van der Waals surface area contributed by atoms with Crippen molar-refractivity contribution in [1.29, 1.82) is 0 Å². The molecule has 1 aliphatic rings. The zero-order valence-corrected chi connectivity index (χ0v) is 13.2. The van der Waals surface area contributed by atoms with Crippen LogP contribution in [0.2, 0.25) is 0 Å². The summed E-state index contributed by atoms with van der Waals surface area (Å²) >= 11 is 1.10. The standard InChI is InChI=1S/C14H22N4O2S/c1-14(2)5-3-7(4-6-14)18-13-8(11(16)19)9(15)10(21-13)12(17)20/h7,18H,3-6,15H2,1-2H3,(H2,16,19)(H2,17,20). The number of amides is 2. The molecule has 7 heteroatoms. The van der Waals surface area contributed by atoms with Crippen LogP contribution < -0.4 is 22.5 Å². The average molecular weight is 310 g/mol. The molecule has 1 heterocycles. The Labute approximate surface area is 128 Å². The van der Waals surface area contributed by atoms with Gasteiger partial charge in [-0.2, -0.15) is 0 Å². The lowest BCUT2D eigenvalue weighted by Crippen LogP contribution is -2.30. The van der Waals surface area contributed by atoms with E-state index < -0.39 is 11.8 Å². The molecule has 0 bridgehead atoms. The van der Waals surface area contributed by atoms with Crippen molar-refractivity contribution in [2.75, 3.05) is 11.1 Å². The van der Waals surface area contributed by atoms with E-state index in [0.717, 1.165) is 37.0 Å². The van der Waals surface area contributed by atoms with Crippen LogP contribution in [0.1, 0.15) is 59.6 Å². The van der Waals surface area contributed by atoms with Gasteiger partial charge in [0.15, 0.2) is 0 Å². The zero-order chi connectivity index (χ0) is 15.8. The Kier molecular flexibility index (Phi) is 4.13. The van der Waals surface area contributed by atoms with Crippen LogP contribution in [0.25, 0.3) is 0 Å². The van der Waals surface area contributed by atoms with Crippen molar-refractivity contribution in [1.82, 2.24) is 0 Å². The van der Waals surface area contributed by atoms with E-state index in [2.05, 4.69) is 19.2 Å². The minimum atomic E-state index is -0.644. The third-order valence-electron chi connectivity index (χ3n) is 4.09. The van der Waals surface area contributed by atoms with Crippen molar-refractivity contribution in [3.05, 3.63) is 10.4 Å². The monoisotopic (exact) mass is 310 g/mol. The van der Waals surface area contributed by atoms with Gasteiger partial charge in [-0.3, -0.25) is 9.59 Å². The molecule has 116 valence electrons. The molecule has 6 nitrogen and oxygen atoms in total. The predicted molar refractivity (Wildman–Crippen MR) is 85.4 cm³/mol. The van der Waals surface area contributed by atoms with Crippen molar-refractivity contribution in [3.63, 3.8) is 0 Å². The number of thiophene rings is 1. The molecule has 0 aromatic carbocycles. The van der Waals surface area contributed by atoms with Gasteiger partial charge in [-0.25, -0.2) is 0 Å². The minimum absolute atomic E-state index is 0.0821. The van der Waals surface area contributed by atoms with E-state index in [-0.39, 0.29) is 22.2 Å². The maximum Gasteiger partial charge on any atom is 0.260 e. The van der Waals surface area contributed by atoms with Gasteiger partial charge in [0.05, 0.1) is 11.3 Å². The number of nitrogen functional groups attached to an aromatic ring is 1. The fourth-order valence-electron chi connectivity index (χ4n) is 2.70. The van der Waals surface area contributed by atoms with Crippen molar-refractivity contribution >= 4 is 33.8 Å². The van der Waals surface area contributed by atoms with Crippen LogP contribution in [0.3, 0.4) is 0 Å². The summed E-state index contributed by atoms with van der Waals surface area (Å²) < 4.78 is 0. The summed E-state index contributed by atoms with van der Waals surface area (Å²) in [6.45, 7) is 4.51. The summed E-state index contributed by atoms with van der Waals surface area (Å²) in [4.78, 5) is 23.1. The Bertz CT molecular complexity index is 570. The molecule has 1 aromatic rings. The first-order chi connectivity index (χ1) is 9.71. The van der Waals surface area contributed by atoms with E-state index in [1.807, 2.05) is 0 Å². The van der Waals surface area contributed by atoms with Crippen molar-refractivity contribution in [3.8, 4) is 0 Å². The predicted octanol–water partition coefficient (Wildman–Crippen LogP) is 1.91. The van der Waals surface area contributed by atoms with Crippen LogP contribution in [-0.4, -0.2) is 17.9 Å². The highest BCUT2D eigenvalue weighted by Crippen LogP contribution is 2.39. The SMILES string of the molecule is CC1(C)CCC(Nc2sc(C(N)=O)c(N)c2C(N)=O)CC1. The van der Waals surface area contributed by atoms with Gasteiger partial charge in [0, 0.05) is 6.04 Å². The smallest absolute Gasteiger partial charge is 0.260 e. The number of anilines is 2. The highest BCUT2D eigenvalue weighted by molar-refractivity contribution is 7.19. The molecule has 2 amide bonds. The normalized spacial score (nSPS) is 18.4. The molecule has 7 N–H and O–H groups in total. The first-order valence-corrected chi connectivity index (χ1v) is 7.81. The highest BCUT2D eigenvalue weighted by atomic mass is 32.1. The quantitative estimate of drug-likeness (QED) is 0.678. The number of rotatable bonds is 4. The third-order valence-corrected chi connectivity index (χ3v) is 5.24. The Hall–Kier alpha value is -1.76. The maximum atomic E-state index is 11.6. The molecule has 1 aliphatic carbocycles. The van der Waals surface area contributed by atoms with Crippen LogP contribution in [-0.2, 0) is 0 Å². The number of hydrogen-bond acceptors (Lipinski definition) is 5. The maximum absolute atomic E-state index is 11.6. The summed E-state index contributed by atoms with van der Waals surface area (Å²) in [6, 6.07) is 0.259. The van der Waals surface area contributed by atoms with Gasteiger partial charge in [-0.05, 0) is 31.1 Å². The first-order valence-electron chi connectivity index (χ1n) is 6.99. The lowest BCUT2D eigenvalue weighted by molar-refractivity contribution is 0.0999. The van der Waals surface area contributed by atoms with Gasteiger partial charge in [-0.1, -0.05) is 13.8 Å². The van der Waals surface area contributed by atoms with E-state index in [1.165, 1.54) is 0 Å². The average Bonchev–Trinajstić information content (AvgIpc) is 2.69. The van der Waals surface area contributed by atoms with Crippen LogP contribution >= 0.6 is 11.3 Å². The number of nitrogens with one attached hydrogen (secondary N) is 1. The number of carbonyl (C=O) groups is 2. The molecule has 21 heavy (non-hydrogen) atoms. The summed E-state index contributed by atoms with van der Waals surface area (Å²) in [6.07, 6.45) is 4.24. The van der Waals surface area contributed by atoms with Gasteiger partial charge in [-0.15, -0.1) is 11.3 Å². The van der Waals surface area contributed by atoms with Gasteiger partial charge in [0.25, 0.3) is 11.8 Å². The molecule has 0 saturated heterocycles. The molecule has 0 atom stereocenters. The van der Waals surface area contributed by atoms with E-state index in [0.29, 0.717) is 10.4 Å². The van der Waals surface area contributed by atoms with Crippen molar-refractivity contribution in [2.24, 2.45) is 16.9 Å².